The summed E-state index contributed by atoms with van der Waals surface area (Å²) in [6, 6.07) is 10.5. The average Bonchev–Trinajstić information content (AvgIpc) is 3.56. The third kappa shape index (κ3) is 4.34. The van der Waals surface area contributed by atoms with Crippen molar-refractivity contribution in [1.82, 2.24) is 10.3 Å². The van der Waals surface area contributed by atoms with E-state index in [4.69, 9.17) is 14.5 Å². The van der Waals surface area contributed by atoms with Crippen LogP contribution in [-0.2, 0) is 11.2 Å². The number of aryl methyl sites for hydroxylation is 1. The van der Waals surface area contributed by atoms with Crippen molar-refractivity contribution in [2.75, 3.05) is 18.6 Å². The number of rotatable bonds is 5. The van der Waals surface area contributed by atoms with Gasteiger partial charge in [0.2, 0.25) is 0 Å². The van der Waals surface area contributed by atoms with Crippen LogP contribution in [0.2, 0.25) is 0 Å². The Labute approximate surface area is 170 Å². The second-order valence-corrected chi connectivity index (χ2v) is 7.46. The van der Waals surface area contributed by atoms with Crippen molar-refractivity contribution >= 4 is 17.7 Å². The topological polar surface area (TPSA) is 80.8 Å². The molecular formula is C22H25N3O4. The van der Waals surface area contributed by atoms with Crippen molar-refractivity contribution < 1.29 is 19.1 Å². The first-order valence-corrected chi connectivity index (χ1v) is 9.98. The summed E-state index contributed by atoms with van der Waals surface area (Å²) in [6.45, 7) is 2.54. The van der Waals surface area contributed by atoms with Crippen LogP contribution >= 0.6 is 0 Å². The lowest BCUT2D eigenvalue weighted by molar-refractivity contribution is 0.0939. The molecule has 7 heteroatoms. The van der Waals surface area contributed by atoms with Gasteiger partial charge in [0.25, 0.3) is 5.91 Å². The lowest BCUT2D eigenvalue weighted by atomic mass is 10.1. The minimum atomic E-state index is -0.288. The summed E-state index contributed by atoms with van der Waals surface area (Å²) >= 11 is 0. The first kappa shape index (κ1) is 19.2. The summed E-state index contributed by atoms with van der Waals surface area (Å²) in [5.41, 5.74) is 3.00. The molecule has 152 valence electrons. The monoisotopic (exact) mass is 395 g/mol. The van der Waals surface area contributed by atoms with Gasteiger partial charge in [0.15, 0.2) is 0 Å². The van der Waals surface area contributed by atoms with E-state index in [-0.39, 0.29) is 24.1 Å². The second-order valence-electron chi connectivity index (χ2n) is 7.46. The number of nitrogens with one attached hydrogen (secondary N) is 1. The number of hydrogen-bond donors (Lipinski definition) is 1. The Morgan fingerprint density at radius 2 is 1.93 bits per heavy atom. The molecule has 2 aromatic rings. The third-order valence-corrected chi connectivity index (χ3v) is 5.21. The summed E-state index contributed by atoms with van der Waals surface area (Å²) < 4.78 is 10.6. The summed E-state index contributed by atoms with van der Waals surface area (Å²) in [4.78, 5) is 31.3. The molecule has 0 spiro atoms. The van der Waals surface area contributed by atoms with Gasteiger partial charge >= 0.3 is 6.09 Å². The molecule has 1 unspecified atom stereocenters. The fraction of sp³-hybridized carbons (Fsp3) is 0.409. The highest BCUT2D eigenvalue weighted by Gasteiger charge is 2.31. The minimum Gasteiger partial charge on any atom is -0.497 e. The Balaban J connectivity index is 1.45. The van der Waals surface area contributed by atoms with Crippen LogP contribution in [0.4, 0.5) is 10.5 Å². The van der Waals surface area contributed by atoms with Crippen LogP contribution in [0, 0.1) is 0 Å². The summed E-state index contributed by atoms with van der Waals surface area (Å²) in [5, 5.41) is 2.98. The first-order chi connectivity index (χ1) is 14.0. The summed E-state index contributed by atoms with van der Waals surface area (Å²) in [5.74, 6) is 0.532. The lowest BCUT2D eigenvalue weighted by Crippen LogP contribution is -2.37. The minimum absolute atomic E-state index is 0.0771. The van der Waals surface area contributed by atoms with Gasteiger partial charge in [0.05, 0.1) is 30.2 Å². The Kier molecular flexibility index (Phi) is 5.38. The largest absolute Gasteiger partial charge is 0.497 e. The molecular weight excluding hydrogens is 370 g/mol. The molecule has 1 aliphatic carbocycles. The van der Waals surface area contributed by atoms with Gasteiger partial charge in [-0.3, -0.25) is 14.7 Å². The zero-order valence-corrected chi connectivity index (χ0v) is 16.7. The van der Waals surface area contributed by atoms with Crippen molar-refractivity contribution in [1.29, 1.82) is 0 Å². The Bertz CT molecular complexity index is 909. The maximum absolute atomic E-state index is 12.5. The maximum atomic E-state index is 12.5. The van der Waals surface area contributed by atoms with Gasteiger partial charge in [-0.15, -0.1) is 0 Å². The number of benzene rings is 1. The van der Waals surface area contributed by atoms with E-state index in [9.17, 15) is 9.59 Å². The highest BCUT2D eigenvalue weighted by atomic mass is 16.6. The highest BCUT2D eigenvalue weighted by Crippen LogP contribution is 2.30. The number of anilines is 1. The SMILES string of the molecule is COc1ccc(C(=O)NC(C)c2ccc3c(n2)CCCN3C(=O)OC2CC2)cc1. The van der Waals surface area contributed by atoms with E-state index in [2.05, 4.69) is 5.32 Å². The number of carbonyl (C=O) groups is 2. The molecule has 7 nitrogen and oxygen atoms in total. The molecule has 1 aromatic heterocycles. The number of aromatic nitrogens is 1. The number of hydrogen-bond acceptors (Lipinski definition) is 5. The van der Waals surface area contributed by atoms with Crippen molar-refractivity contribution in [3.8, 4) is 5.75 Å². The number of carbonyl (C=O) groups excluding carboxylic acids is 2. The average molecular weight is 395 g/mol. The van der Waals surface area contributed by atoms with Crippen molar-refractivity contribution in [2.45, 2.75) is 44.8 Å². The van der Waals surface area contributed by atoms with Gasteiger partial charge in [-0.1, -0.05) is 0 Å². The van der Waals surface area contributed by atoms with Crippen LogP contribution in [0.15, 0.2) is 36.4 Å². The lowest BCUT2D eigenvalue weighted by Gasteiger charge is -2.29. The number of pyridine rings is 1. The van der Waals surface area contributed by atoms with Crippen molar-refractivity contribution in [2.24, 2.45) is 0 Å². The molecule has 2 amide bonds. The van der Waals surface area contributed by atoms with E-state index in [0.717, 1.165) is 42.8 Å². The molecule has 0 radical (unpaired) electrons. The number of methoxy groups -OCH3 is 1. The zero-order valence-electron chi connectivity index (χ0n) is 16.7. The second kappa shape index (κ2) is 8.11. The smallest absolute Gasteiger partial charge is 0.414 e. The molecule has 0 saturated heterocycles. The maximum Gasteiger partial charge on any atom is 0.414 e. The highest BCUT2D eigenvalue weighted by molar-refractivity contribution is 5.94. The molecule has 1 N–H and O–H groups in total. The Morgan fingerprint density at radius 1 is 1.17 bits per heavy atom. The van der Waals surface area contributed by atoms with Crippen LogP contribution in [0.3, 0.4) is 0 Å². The molecule has 29 heavy (non-hydrogen) atoms. The van der Waals surface area contributed by atoms with Crippen LogP contribution in [0.25, 0.3) is 0 Å². The quantitative estimate of drug-likeness (QED) is 0.836. The van der Waals surface area contributed by atoms with Gasteiger partial charge < -0.3 is 14.8 Å². The molecule has 2 aliphatic rings. The van der Waals surface area contributed by atoms with Gasteiger partial charge in [-0.05, 0) is 69.0 Å². The van der Waals surface area contributed by atoms with E-state index >= 15 is 0 Å². The van der Waals surface area contributed by atoms with Gasteiger partial charge in [0.1, 0.15) is 11.9 Å². The summed E-state index contributed by atoms with van der Waals surface area (Å²) in [7, 11) is 1.59. The van der Waals surface area contributed by atoms with Crippen LogP contribution in [-0.4, -0.2) is 36.7 Å². The van der Waals surface area contributed by atoms with Crippen molar-refractivity contribution in [3.05, 3.63) is 53.3 Å². The molecule has 1 fully saturated rings. The summed E-state index contributed by atoms with van der Waals surface area (Å²) in [6.07, 6.45) is 3.34. The van der Waals surface area contributed by atoms with E-state index in [1.807, 2.05) is 19.1 Å². The van der Waals surface area contributed by atoms with Gasteiger partial charge in [0, 0.05) is 12.1 Å². The molecule has 1 atom stereocenters. The van der Waals surface area contributed by atoms with Crippen LogP contribution in [0.5, 0.6) is 5.75 Å². The Morgan fingerprint density at radius 3 is 2.62 bits per heavy atom. The van der Waals surface area contributed by atoms with E-state index in [0.29, 0.717) is 17.9 Å². The van der Waals surface area contributed by atoms with Crippen LogP contribution in [0.1, 0.15) is 54.0 Å². The van der Waals surface area contributed by atoms with E-state index in [1.54, 1.807) is 36.3 Å². The van der Waals surface area contributed by atoms with Crippen molar-refractivity contribution in [3.63, 3.8) is 0 Å². The molecule has 0 bridgehead atoms. The van der Waals surface area contributed by atoms with Crippen LogP contribution < -0.4 is 15.0 Å². The third-order valence-electron chi connectivity index (χ3n) is 5.21. The predicted molar refractivity (Wildman–Crippen MR) is 108 cm³/mol. The van der Waals surface area contributed by atoms with Gasteiger partial charge in [-0.25, -0.2) is 4.79 Å². The molecule has 2 heterocycles. The standard InChI is InChI=1S/C22H25N3O4/c1-14(23-21(26)15-5-7-16(28-2)8-6-15)18-11-12-20-19(24-18)4-3-13-25(20)22(27)29-17-9-10-17/h5-8,11-12,14,17H,3-4,9-10,13H2,1-2H3,(H,23,26). The first-order valence-electron chi connectivity index (χ1n) is 9.98. The number of amides is 2. The molecule has 1 aliphatic heterocycles. The van der Waals surface area contributed by atoms with E-state index < -0.39 is 0 Å². The van der Waals surface area contributed by atoms with Gasteiger partial charge in [-0.2, -0.15) is 0 Å². The molecule has 1 aromatic carbocycles. The fourth-order valence-electron chi connectivity index (χ4n) is 3.38. The fourth-order valence-corrected chi connectivity index (χ4v) is 3.38. The number of ether oxygens (including phenoxy) is 2. The number of fused-ring (bicyclic) bond motifs is 1. The Hall–Kier alpha value is -3.09. The normalized spacial score (nSPS) is 16.6. The number of nitrogens with zero attached hydrogens (tertiary/aromatic N) is 2. The zero-order chi connectivity index (χ0) is 20.4. The predicted octanol–water partition coefficient (Wildman–Crippen LogP) is 3.63. The molecule has 1 saturated carbocycles. The van der Waals surface area contributed by atoms with E-state index in [1.165, 1.54) is 0 Å². The molecule has 4 rings (SSSR count).